The first-order chi connectivity index (χ1) is 11.0. The van der Waals surface area contributed by atoms with Gasteiger partial charge in [-0.3, -0.25) is 0 Å². The molecular formula is C18H22N2O3. The van der Waals surface area contributed by atoms with Crippen LogP contribution in [0.4, 0.5) is 5.69 Å². The van der Waals surface area contributed by atoms with Gasteiger partial charge in [-0.25, -0.2) is 4.79 Å². The molecule has 5 heteroatoms. The molecule has 4 N–H and O–H groups in total. The van der Waals surface area contributed by atoms with Gasteiger partial charge in [-0.05, 0) is 42.2 Å². The van der Waals surface area contributed by atoms with Gasteiger partial charge in [-0.1, -0.05) is 24.3 Å². The van der Waals surface area contributed by atoms with Crippen molar-refractivity contribution in [2.75, 3.05) is 12.4 Å². The summed E-state index contributed by atoms with van der Waals surface area (Å²) in [5.41, 5.74) is 10.2. The lowest BCUT2D eigenvalue weighted by Gasteiger charge is -2.18. The van der Waals surface area contributed by atoms with Gasteiger partial charge in [0.2, 0.25) is 0 Å². The minimum atomic E-state index is -0.941. The standard InChI is InChI=1S/C18H22N2O3/c1-11-8-15(18(21)22)12(2)16(17(11)23-3)20-10-14-6-4-13(9-19)5-7-14/h4-8,20H,9-10,19H2,1-3H3,(H,21,22). The van der Waals surface area contributed by atoms with Gasteiger partial charge in [-0.15, -0.1) is 0 Å². The number of nitrogens with two attached hydrogens (primary N) is 1. The number of hydrogen-bond donors (Lipinski definition) is 3. The number of carboxylic acids is 1. The molecule has 0 aliphatic heterocycles. The fourth-order valence-electron chi connectivity index (χ4n) is 2.57. The van der Waals surface area contributed by atoms with Crippen LogP contribution in [-0.4, -0.2) is 18.2 Å². The van der Waals surface area contributed by atoms with E-state index in [0.29, 0.717) is 30.1 Å². The van der Waals surface area contributed by atoms with E-state index in [9.17, 15) is 9.90 Å². The van der Waals surface area contributed by atoms with Crippen LogP contribution in [0.25, 0.3) is 0 Å². The Morgan fingerprint density at radius 2 is 1.83 bits per heavy atom. The number of carbonyl (C=O) groups is 1. The summed E-state index contributed by atoms with van der Waals surface area (Å²) in [6.07, 6.45) is 0. The Hall–Kier alpha value is -2.53. The largest absolute Gasteiger partial charge is 0.494 e. The number of ether oxygens (including phenoxy) is 1. The summed E-state index contributed by atoms with van der Waals surface area (Å²) < 4.78 is 5.44. The molecule has 0 heterocycles. The van der Waals surface area contributed by atoms with Crippen molar-refractivity contribution in [1.29, 1.82) is 0 Å². The average Bonchev–Trinajstić information content (AvgIpc) is 2.55. The van der Waals surface area contributed by atoms with Crippen molar-refractivity contribution in [3.05, 3.63) is 58.1 Å². The number of nitrogens with one attached hydrogen (secondary N) is 1. The minimum Gasteiger partial charge on any atom is -0.494 e. The van der Waals surface area contributed by atoms with Crippen molar-refractivity contribution in [1.82, 2.24) is 0 Å². The van der Waals surface area contributed by atoms with Crippen LogP contribution in [0.15, 0.2) is 30.3 Å². The maximum Gasteiger partial charge on any atom is 0.336 e. The summed E-state index contributed by atoms with van der Waals surface area (Å²) in [5.74, 6) is -0.269. The predicted octanol–water partition coefficient (Wildman–Crippen LogP) is 3.08. The molecule has 0 fully saturated rings. The number of anilines is 1. The third-order valence-electron chi connectivity index (χ3n) is 3.89. The van der Waals surface area contributed by atoms with Crippen LogP contribution in [0.3, 0.4) is 0 Å². The molecule has 0 aromatic heterocycles. The Morgan fingerprint density at radius 3 is 2.35 bits per heavy atom. The molecule has 5 nitrogen and oxygen atoms in total. The van der Waals surface area contributed by atoms with E-state index in [1.165, 1.54) is 0 Å². The minimum absolute atomic E-state index is 0.282. The monoisotopic (exact) mass is 314 g/mol. The van der Waals surface area contributed by atoms with Crippen LogP contribution >= 0.6 is 0 Å². The first kappa shape index (κ1) is 16.8. The van der Waals surface area contributed by atoms with Crippen molar-refractivity contribution in [2.24, 2.45) is 5.73 Å². The fraction of sp³-hybridized carbons (Fsp3) is 0.278. The summed E-state index contributed by atoms with van der Waals surface area (Å²) in [6, 6.07) is 9.62. The first-order valence-electron chi connectivity index (χ1n) is 7.41. The smallest absolute Gasteiger partial charge is 0.336 e. The van der Waals surface area contributed by atoms with Gasteiger partial charge in [0.25, 0.3) is 0 Å². The van der Waals surface area contributed by atoms with Crippen LogP contribution in [0.1, 0.15) is 32.6 Å². The lowest BCUT2D eigenvalue weighted by Crippen LogP contribution is -2.09. The van der Waals surface area contributed by atoms with E-state index in [1.54, 1.807) is 20.1 Å². The molecule has 2 rings (SSSR count). The molecule has 0 saturated carbocycles. The number of carboxylic acid groups (broad SMARTS) is 1. The molecule has 0 spiro atoms. The first-order valence-corrected chi connectivity index (χ1v) is 7.41. The maximum absolute atomic E-state index is 11.4. The Labute approximate surface area is 136 Å². The number of benzene rings is 2. The van der Waals surface area contributed by atoms with Crippen molar-refractivity contribution in [2.45, 2.75) is 26.9 Å². The summed E-state index contributed by atoms with van der Waals surface area (Å²) in [7, 11) is 1.59. The van der Waals surface area contributed by atoms with E-state index >= 15 is 0 Å². The van der Waals surface area contributed by atoms with Crippen molar-refractivity contribution < 1.29 is 14.6 Å². The number of aryl methyl sites for hydroxylation is 1. The second-order valence-corrected chi connectivity index (χ2v) is 5.45. The molecule has 0 amide bonds. The van der Waals surface area contributed by atoms with Crippen LogP contribution in [0.5, 0.6) is 5.75 Å². The third kappa shape index (κ3) is 3.63. The maximum atomic E-state index is 11.4. The normalized spacial score (nSPS) is 10.4. The van der Waals surface area contributed by atoms with Gasteiger partial charge in [-0.2, -0.15) is 0 Å². The SMILES string of the molecule is COc1c(C)cc(C(=O)O)c(C)c1NCc1ccc(CN)cc1. The molecule has 2 aromatic rings. The molecule has 2 aromatic carbocycles. The van der Waals surface area contributed by atoms with Crippen molar-refractivity contribution in [3.8, 4) is 5.75 Å². The number of rotatable bonds is 6. The summed E-state index contributed by atoms with van der Waals surface area (Å²) in [4.78, 5) is 11.4. The Balaban J connectivity index is 2.31. The van der Waals surface area contributed by atoms with Crippen LogP contribution in [0, 0.1) is 13.8 Å². The topological polar surface area (TPSA) is 84.6 Å². The third-order valence-corrected chi connectivity index (χ3v) is 3.89. The summed E-state index contributed by atoms with van der Waals surface area (Å²) >= 11 is 0. The number of methoxy groups -OCH3 is 1. The van der Waals surface area contributed by atoms with E-state index in [4.69, 9.17) is 10.5 Å². The molecule has 0 aliphatic carbocycles. The molecule has 0 aliphatic rings. The molecule has 0 unspecified atom stereocenters. The van der Waals surface area contributed by atoms with Crippen molar-refractivity contribution in [3.63, 3.8) is 0 Å². The van der Waals surface area contributed by atoms with E-state index in [0.717, 1.165) is 16.7 Å². The van der Waals surface area contributed by atoms with Crippen LogP contribution in [0.2, 0.25) is 0 Å². The molecular weight excluding hydrogens is 292 g/mol. The van der Waals surface area contributed by atoms with E-state index in [1.807, 2.05) is 31.2 Å². The second kappa shape index (κ2) is 7.15. The van der Waals surface area contributed by atoms with Crippen LogP contribution < -0.4 is 15.8 Å². The Morgan fingerprint density at radius 1 is 1.22 bits per heavy atom. The van der Waals surface area contributed by atoms with E-state index in [-0.39, 0.29) is 5.56 Å². The Kier molecular flexibility index (Phi) is 5.24. The van der Waals surface area contributed by atoms with Gasteiger partial charge in [0.1, 0.15) is 5.75 Å². The van der Waals surface area contributed by atoms with Gasteiger partial charge in [0.05, 0.1) is 18.4 Å². The Bertz CT molecular complexity index is 709. The second-order valence-electron chi connectivity index (χ2n) is 5.45. The van der Waals surface area contributed by atoms with Gasteiger partial charge < -0.3 is 20.9 Å². The lowest BCUT2D eigenvalue weighted by atomic mass is 10.0. The lowest BCUT2D eigenvalue weighted by molar-refractivity contribution is 0.0696. The molecule has 0 atom stereocenters. The molecule has 0 saturated heterocycles. The summed E-state index contributed by atoms with van der Waals surface area (Å²) in [6.45, 7) is 4.71. The zero-order chi connectivity index (χ0) is 17.0. The zero-order valence-corrected chi connectivity index (χ0v) is 13.6. The number of aromatic carboxylic acids is 1. The average molecular weight is 314 g/mol. The number of hydrogen-bond acceptors (Lipinski definition) is 4. The molecule has 23 heavy (non-hydrogen) atoms. The molecule has 0 bridgehead atoms. The van der Waals surface area contributed by atoms with Gasteiger partial charge >= 0.3 is 5.97 Å². The fourth-order valence-corrected chi connectivity index (χ4v) is 2.57. The highest BCUT2D eigenvalue weighted by Gasteiger charge is 2.17. The molecule has 122 valence electrons. The van der Waals surface area contributed by atoms with Gasteiger partial charge in [0, 0.05) is 13.1 Å². The zero-order valence-electron chi connectivity index (χ0n) is 13.6. The highest BCUT2D eigenvalue weighted by Crippen LogP contribution is 2.34. The van der Waals surface area contributed by atoms with Gasteiger partial charge in [0.15, 0.2) is 0 Å². The highest BCUT2D eigenvalue weighted by atomic mass is 16.5. The quantitative estimate of drug-likeness (QED) is 0.763. The summed E-state index contributed by atoms with van der Waals surface area (Å²) in [5, 5.41) is 12.6. The highest BCUT2D eigenvalue weighted by molar-refractivity contribution is 5.92. The van der Waals surface area contributed by atoms with E-state index in [2.05, 4.69) is 5.32 Å². The van der Waals surface area contributed by atoms with E-state index < -0.39 is 5.97 Å². The van der Waals surface area contributed by atoms with Crippen molar-refractivity contribution >= 4 is 11.7 Å². The van der Waals surface area contributed by atoms with Crippen LogP contribution in [-0.2, 0) is 13.1 Å². The predicted molar refractivity (Wildman–Crippen MR) is 91.1 cm³/mol. The molecule has 0 radical (unpaired) electrons.